The van der Waals surface area contributed by atoms with Crippen LogP contribution >= 0.6 is 0 Å². The van der Waals surface area contributed by atoms with Crippen LogP contribution in [-0.4, -0.2) is 47.6 Å². The minimum Gasteiger partial charge on any atom is -0.491 e. The number of aliphatic hydroxyl groups excluding tert-OH is 1. The number of fused-ring (bicyclic) bond motifs is 1. The third-order valence-electron chi connectivity index (χ3n) is 5.73. The minimum atomic E-state index is -1.04. The van der Waals surface area contributed by atoms with Crippen molar-refractivity contribution < 1.29 is 14.8 Å². The highest BCUT2D eigenvalue weighted by atomic mass is 16.6. The maximum atomic E-state index is 13.0. The first-order valence-electron chi connectivity index (χ1n) is 11.2. The molecule has 1 atom stereocenters. The molecule has 0 fully saturated rings. The first-order valence-corrected chi connectivity index (χ1v) is 11.2. The Labute approximate surface area is 210 Å². The van der Waals surface area contributed by atoms with Crippen molar-refractivity contribution in [1.82, 2.24) is 18.7 Å². The molecule has 13 heteroatoms. The highest BCUT2D eigenvalue weighted by Gasteiger charge is 2.21. The van der Waals surface area contributed by atoms with Crippen LogP contribution < -0.4 is 21.4 Å². The van der Waals surface area contributed by atoms with Crippen molar-refractivity contribution in [3.8, 4) is 5.75 Å². The van der Waals surface area contributed by atoms with E-state index in [2.05, 4.69) is 15.5 Å². The molecule has 2 aromatic heterocycles. The van der Waals surface area contributed by atoms with Crippen molar-refractivity contribution in [2.75, 3.05) is 12.0 Å². The molecule has 0 unspecified atom stereocenters. The van der Waals surface area contributed by atoms with Crippen LogP contribution in [0.2, 0.25) is 0 Å². The van der Waals surface area contributed by atoms with Gasteiger partial charge >= 0.3 is 5.69 Å². The number of nitro benzene ring substituents is 1. The van der Waals surface area contributed by atoms with Crippen LogP contribution in [0, 0.1) is 17.0 Å². The Morgan fingerprint density at radius 1 is 1.19 bits per heavy atom. The number of hydrogen-bond acceptors (Lipinski definition) is 9. The van der Waals surface area contributed by atoms with Crippen molar-refractivity contribution in [3.05, 3.63) is 90.6 Å². The van der Waals surface area contributed by atoms with E-state index in [1.54, 1.807) is 12.1 Å². The lowest BCUT2D eigenvalue weighted by atomic mass is 10.2. The van der Waals surface area contributed by atoms with Gasteiger partial charge in [0, 0.05) is 31.8 Å². The highest BCUT2D eigenvalue weighted by molar-refractivity contribution is 5.81. The molecule has 0 saturated heterocycles. The number of nitrogens with zero attached hydrogens (tertiary/aromatic N) is 6. The number of anilines is 1. The van der Waals surface area contributed by atoms with Gasteiger partial charge in [-0.25, -0.2) is 10.2 Å². The van der Waals surface area contributed by atoms with E-state index >= 15 is 0 Å². The number of nitrogens with one attached hydrogen (secondary N) is 1. The van der Waals surface area contributed by atoms with Crippen LogP contribution in [0.25, 0.3) is 11.2 Å². The summed E-state index contributed by atoms with van der Waals surface area (Å²) in [5.74, 6) is 0.708. The van der Waals surface area contributed by atoms with Gasteiger partial charge in [0.25, 0.3) is 11.2 Å². The molecule has 0 saturated carbocycles. The molecule has 2 N–H and O–H groups in total. The zero-order valence-corrected chi connectivity index (χ0v) is 20.4. The number of non-ortho nitro benzene ring substituents is 1. The summed E-state index contributed by atoms with van der Waals surface area (Å²) in [5.41, 5.74) is 3.04. The van der Waals surface area contributed by atoms with E-state index in [-0.39, 0.29) is 36.0 Å². The number of para-hydroxylation sites is 1. The number of aliphatic hydroxyl groups is 1. The lowest BCUT2D eigenvalue weighted by Gasteiger charge is -2.16. The molecule has 2 aromatic carbocycles. The molecule has 2 heterocycles. The number of imidazole rings is 1. The lowest BCUT2D eigenvalue weighted by molar-refractivity contribution is -0.384. The molecular formula is C24H25N7O6. The Morgan fingerprint density at radius 2 is 1.95 bits per heavy atom. The number of nitro groups is 1. The van der Waals surface area contributed by atoms with Gasteiger partial charge in [0.1, 0.15) is 18.5 Å². The summed E-state index contributed by atoms with van der Waals surface area (Å²) in [6.07, 6.45) is 0.311. The van der Waals surface area contributed by atoms with Crippen LogP contribution in [0.5, 0.6) is 5.75 Å². The Bertz CT molecular complexity index is 1620. The fourth-order valence-corrected chi connectivity index (χ4v) is 3.76. The van der Waals surface area contributed by atoms with Gasteiger partial charge in [-0.05, 0) is 18.6 Å². The Hall–Kier alpha value is -4.78. The molecule has 37 heavy (non-hydrogen) atoms. The summed E-state index contributed by atoms with van der Waals surface area (Å²) in [6.45, 7) is 1.73. The molecule has 13 nitrogen and oxygen atoms in total. The molecule has 4 rings (SSSR count). The first-order chi connectivity index (χ1) is 17.7. The largest absolute Gasteiger partial charge is 0.491 e. The quantitative estimate of drug-likeness (QED) is 0.196. The monoisotopic (exact) mass is 507 g/mol. The zero-order valence-electron chi connectivity index (χ0n) is 20.4. The summed E-state index contributed by atoms with van der Waals surface area (Å²) in [5, 5.41) is 25.9. The lowest BCUT2D eigenvalue weighted by Crippen LogP contribution is -2.38. The Balaban J connectivity index is 1.66. The van der Waals surface area contributed by atoms with Crippen LogP contribution in [0.15, 0.2) is 63.2 Å². The number of hydrogen-bond donors (Lipinski definition) is 2. The van der Waals surface area contributed by atoms with Gasteiger partial charge in [-0.3, -0.25) is 24.0 Å². The van der Waals surface area contributed by atoms with E-state index in [0.29, 0.717) is 11.3 Å². The molecule has 0 aliphatic heterocycles. The van der Waals surface area contributed by atoms with Crippen LogP contribution in [-0.2, 0) is 20.6 Å². The van der Waals surface area contributed by atoms with E-state index in [0.717, 1.165) is 10.1 Å². The van der Waals surface area contributed by atoms with Crippen molar-refractivity contribution in [3.63, 3.8) is 0 Å². The van der Waals surface area contributed by atoms with Crippen molar-refractivity contribution >= 4 is 29.0 Å². The molecular weight excluding hydrogens is 482 g/mol. The highest BCUT2D eigenvalue weighted by Crippen LogP contribution is 2.19. The average Bonchev–Trinajstić information content (AvgIpc) is 3.24. The SMILES string of the molecule is Cc1ccccc1OC[C@H](O)Cn1c(NN=Cc2cccc([N+](=O)[O-])c2)nc2c1c(=O)n(C)c(=O)n2C. The first kappa shape index (κ1) is 25.3. The Kier molecular flexibility index (Phi) is 7.15. The van der Waals surface area contributed by atoms with E-state index in [1.165, 1.54) is 47.6 Å². The second-order valence-electron chi connectivity index (χ2n) is 8.38. The van der Waals surface area contributed by atoms with Crippen LogP contribution in [0.1, 0.15) is 11.1 Å². The van der Waals surface area contributed by atoms with E-state index in [9.17, 15) is 24.8 Å². The molecule has 0 bridgehead atoms. The van der Waals surface area contributed by atoms with Crippen molar-refractivity contribution in [1.29, 1.82) is 0 Å². The number of benzene rings is 2. The molecule has 0 spiro atoms. The smallest absolute Gasteiger partial charge is 0.332 e. The third kappa shape index (κ3) is 5.26. The summed E-state index contributed by atoms with van der Waals surface area (Å²) < 4.78 is 9.33. The zero-order chi connectivity index (χ0) is 26.7. The third-order valence-corrected chi connectivity index (χ3v) is 5.73. The standard InChI is InChI=1S/C24H25N7O6/c1-15-7-4-5-10-19(15)37-14-18(32)13-30-20-21(28(2)24(34)29(3)22(20)33)26-23(30)27-25-12-16-8-6-9-17(11-16)31(35)36/h4-12,18,32H,13-14H2,1-3H3,(H,26,27)/t18-/m1/s1. The van der Waals surface area contributed by atoms with Gasteiger partial charge < -0.3 is 14.4 Å². The number of rotatable bonds is 9. The maximum Gasteiger partial charge on any atom is 0.332 e. The van der Waals surface area contributed by atoms with E-state index < -0.39 is 22.3 Å². The molecule has 0 aliphatic carbocycles. The van der Waals surface area contributed by atoms with E-state index in [1.807, 2.05) is 25.1 Å². The van der Waals surface area contributed by atoms with Gasteiger partial charge in [-0.2, -0.15) is 10.1 Å². The predicted molar refractivity (Wildman–Crippen MR) is 137 cm³/mol. The van der Waals surface area contributed by atoms with Gasteiger partial charge in [-0.15, -0.1) is 0 Å². The van der Waals surface area contributed by atoms with Crippen molar-refractivity contribution in [2.45, 2.75) is 19.6 Å². The topological polar surface area (TPSA) is 159 Å². The fraction of sp³-hybridized carbons (Fsp3) is 0.250. The number of aryl methyl sites for hydroxylation is 2. The minimum absolute atomic E-state index is 0.0625. The predicted octanol–water partition coefficient (Wildman–Crippen LogP) is 1.54. The second-order valence-corrected chi connectivity index (χ2v) is 8.38. The summed E-state index contributed by atoms with van der Waals surface area (Å²) in [7, 11) is 2.84. The number of aromatic nitrogens is 4. The van der Waals surface area contributed by atoms with Crippen LogP contribution in [0.3, 0.4) is 0 Å². The van der Waals surface area contributed by atoms with Crippen LogP contribution in [0.4, 0.5) is 11.6 Å². The van der Waals surface area contributed by atoms with E-state index in [4.69, 9.17) is 4.74 Å². The number of hydrazone groups is 1. The van der Waals surface area contributed by atoms with Gasteiger partial charge in [0.2, 0.25) is 5.95 Å². The molecule has 192 valence electrons. The molecule has 0 aliphatic rings. The Morgan fingerprint density at radius 3 is 2.68 bits per heavy atom. The average molecular weight is 508 g/mol. The fourth-order valence-electron chi connectivity index (χ4n) is 3.76. The summed E-state index contributed by atoms with van der Waals surface area (Å²) in [4.78, 5) is 40.3. The van der Waals surface area contributed by atoms with Crippen molar-refractivity contribution in [2.24, 2.45) is 19.2 Å². The van der Waals surface area contributed by atoms with Gasteiger partial charge in [-0.1, -0.05) is 30.3 Å². The number of ether oxygens (including phenoxy) is 1. The molecule has 4 aromatic rings. The maximum absolute atomic E-state index is 13.0. The summed E-state index contributed by atoms with van der Waals surface area (Å²) in [6, 6.07) is 13.2. The second kappa shape index (κ2) is 10.5. The molecule has 0 radical (unpaired) electrons. The van der Waals surface area contributed by atoms with Gasteiger partial charge in [0.05, 0.1) is 17.7 Å². The molecule has 0 amide bonds. The summed E-state index contributed by atoms with van der Waals surface area (Å²) >= 11 is 0. The normalized spacial score (nSPS) is 12.2. The van der Waals surface area contributed by atoms with Gasteiger partial charge in [0.15, 0.2) is 11.2 Å².